The molecule has 0 aliphatic carbocycles. The molecule has 0 saturated heterocycles. The van der Waals surface area contributed by atoms with Gasteiger partial charge in [-0.1, -0.05) is 12.1 Å². The molecule has 4 rings (SSSR count). The van der Waals surface area contributed by atoms with E-state index >= 15 is 0 Å². The monoisotopic (exact) mass is 315 g/mol. The van der Waals surface area contributed by atoms with Gasteiger partial charge in [0.25, 0.3) is 0 Å². The van der Waals surface area contributed by atoms with Gasteiger partial charge in [0.1, 0.15) is 6.33 Å². The molecule has 4 aromatic rings. The summed E-state index contributed by atoms with van der Waals surface area (Å²) in [4.78, 5) is 12.2. The van der Waals surface area contributed by atoms with Gasteiger partial charge < -0.3 is 0 Å². The fourth-order valence-corrected chi connectivity index (χ4v) is 2.32. The molecule has 0 spiro atoms. The predicted molar refractivity (Wildman–Crippen MR) is 76.5 cm³/mol. The van der Waals surface area contributed by atoms with Crippen LogP contribution in [0.3, 0.4) is 0 Å². The third kappa shape index (κ3) is 2.28. The second-order valence-electron chi connectivity index (χ2n) is 4.93. The number of pyridine rings is 1. The van der Waals surface area contributed by atoms with Gasteiger partial charge in [0.2, 0.25) is 0 Å². The van der Waals surface area contributed by atoms with E-state index in [-0.39, 0.29) is 11.4 Å². The fourth-order valence-electron chi connectivity index (χ4n) is 2.32. The number of nitrogens with zero attached hydrogens (tertiary/aromatic N) is 5. The Balaban J connectivity index is 1.91. The normalized spacial score (nSPS) is 12.1. The number of benzene rings is 1. The summed E-state index contributed by atoms with van der Waals surface area (Å²) in [5.74, 6) is 0.168. The van der Waals surface area contributed by atoms with Gasteiger partial charge >= 0.3 is 6.18 Å². The molecule has 0 amide bonds. The first-order valence-corrected chi connectivity index (χ1v) is 6.65. The van der Waals surface area contributed by atoms with Crippen molar-refractivity contribution in [2.45, 2.75) is 6.18 Å². The van der Waals surface area contributed by atoms with E-state index in [4.69, 9.17) is 0 Å². The number of fused-ring (bicyclic) bond motifs is 3. The SMILES string of the molecule is FC(F)(F)c1cncc(-c2nc3c4ccccc4ncn3n2)c1. The molecule has 0 saturated carbocycles. The van der Waals surface area contributed by atoms with Gasteiger partial charge in [-0.2, -0.15) is 13.2 Å². The summed E-state index contributed by atoms with van der Waals surface area (Å²) in [6.07, 6.45) is -0.901. The first-order chi connectivity index (χ1) is 11.0. The maximum atomic E-state index is 12.8. The van der Waals surface area contributed by atoms with Crippen LogP contribution in [0, 0.1) is 0 Å². The molecule has 0 atom stereocenters. The number of rotatable bonds is 1. The summed E-state index contributed by atoms with van der Waals surface area (Å²) in [5.41, 5.74) is 0.633. The van der Waals surface area contributed by atoms with Crippen LogP contribution in [0.5, 0.6) is 0 Å². The van der Waals surface area contributed by atoms with Crippen molar-refractivity contribution in [3.8, 4) is 11.4 Å². The summed E-state index contributed by atoms with van der Waals surface area (Å²) in [5, 5.41) is 4.96. The van der Waals surface area contributed by atoms with Crippen molar-refractivity contribution in [2.75, 3.05) is 0 Å². The number of alkyl halides is 3. The summed E-state index contributed by atoms with van der Waals surface area (Å²) in [7, 11) is 0. The van der Waals surface area contributed by atoms with Crippen LogP contribution in [-0.4, -0.2) is 24.6 Å². The zero-order valence-electron chi connectivity index (χ0n) is 11.5. The Morgan fingerprint density at radius 3 is 2.70 bits per heavy atom. The number of para-hydroxylation sites is 1. The fraction of sp³-hybridized carbons (Fsp3) is 0.0667. The number of halogens is 3. The standard InChI is InChI=1S/C15H8F3N5/c16-15(17,18)10-5-9(6-19-7-10)13-21-14-11-3-1-2-4-12(11)20-8-23(14)22-13/h1-8H. The molecule has 3 heterocycles. The molecule has 0 bridgehead atoms. The molecule has 1 aromatic carbocycles. The van der Waals surface area contributed by atoms with E-state index in [9.17, 15) is 13.2 Å². The molecular formula is C15H8F3N5. The van der Waals surface area contributed by atoms with Crippen molar-refractivity contribution >= 4 is 16.6 Å². The Hall–Kier alpha value is -3.03. The Kier molecular flexibility index (Phi) is 2.80. The highest BCUT2D eigenvalue weighted by Crippen LogP contribution is 2.31. The molecule has 0 N–H and O–H groups in total. The minimum Gasteiger partial charge on any atom is -0.263 e. The third-order valence-corrected chi connectivity index (χ3v) is 3.41. The molecule has 0 unspecified atom stereocenters. The summed E-state index contributed by atoms with van der Waals surface area (Å²) < 4.78 is 39.8. The maximum Gasteiger partial charge on any atom is 0.417 e. The van der Waals surface area contributed by atoms with E-state index in [1.54, 1.807) is 0 Å². The summed E-state index contributed by atoms with van der Waals surface area (Å²) in [6, 6.07) is 8.33. The quantitative estimate of drug-likeness (QED) is 0.540. The second-order valence-corrected chi connectivity index (χ2v) is 4.93. The maximum absolute atomic E-state index is 12.8. The molecule has 23 heavy (non-hydrogen) atoms. The van der Waals surface area contributed by atoms with Gasteiger partial charge in [0.05, 0.1) is 11.1 Å². The highest BCUT2D eigenvalue weighted by Gasteiger charge is 2.31. The first kappa shape index (κ1) is 13.6. The van der Waals surface area contributed by atoms with E-state index in [1.165, 1.54) is 17.0 Å². The largest absolute Gasteiger partial charge is 0.417 e. The molecule has 0 aliphatic heterocycles. The molecular weight excluding hydrogens is 307 g/mol. The van der Waals surface area contributed by atoms with Crippen molar-refractivity contribution in [3.63, 3.8) is 0 Å². The van der Waals surface area contributed by atoms with Crippen LogP contribution in [0.4, 0.5) is 13.2 Å². The minimum atomic E-state index is -4.46. The number of aromatic nitrogens is 5. The molecule has 0 fully saturated rings. The zero-order valence-corrected chi connectivity index (χ0v) is 11.5. The Bertz CT molecular complexity index is 1020. The van der Waals surface area contributed by atoms with Crippen molar-refractivity contribution in [3.05, 3.63) is 54.6 Å². The Labute approximate surface area is 127 Å². The average molecular weight is 315 g/mol. The van der Waals surface area contributed by atoms with E-state index in [2.05, 4.69) is 20.1 Å². The summed E-state index contributed by atoms with van der Waals surface area (Å²) in [6.45, 7) is 0. The van der Waals surface area contributed by atoms with Gasteiger partial charge in [-0.05, 0) is 18.2 Å². The van der Waals surface area contributed by atoms with Crippen LogP contribution in [0.1, 0.15) is 5.56 Å². The number of hydrogen-bond acceptors (Lipinski definition) is 4. The number of hydrogen-bond donors (Lipinski definition) is 0. The average Bonchev–Trinajstić information content (AvgIpc) is 2.99. The smallest absolute Gasteiger partial charge is 0.263 e. The van der Waals surface area contributed by atoms with Gasteiger partial charge in [-0.25, -0.2) is 14.5 Å². The van der Waals surface area contributed by atoms with Crippen LogP contribution in [-0.2, 0) is 6.18 Å². The predicted octanol–water partition coefficient (Wildman–Crippen LogP) is 3.36. The minimum absolute atomic E-state index is 0.168. The van der Waals surface area contributed by atoms with E-state index in [0.717, 1.165) is 23.2 Å². The van der Waals surface area contributed by atoms with Crippen LogP contribution in [0.15, 0.2) is 49.1 Å². The molecule has 5 nitrogen and oxygen atoms in total. The van der Waals surface area contributed by atoms with Crippen LogP contribution >= 0.6 is 0 Å². The van der Waals surface area contributed by atoms with Crippen molar-refractivity contribution in [1.82, 2.24) is 24.6 Å². The molecule has 0 aliphatic rings. The van der Waals surface area contributed by atoms with Crippen LogP contribution in [0.25, 0.3) is 27.9 Å². The van der Waals surface area contributed by atoms with Crippen LogP contribution < -0.4 is 0 Å². The van der Waals surface area contributed by atoms with Gasteiger partial charge in [0, 0.05) is 23.3 Å². The lowest BCUT2D eigenvalue weighted by Gasteiger charge is -2.05. The Morgan fingerprint density at radius 2 is 1.87 bits per heavy atom. The topological polar surface area (TPSA) is 56.0 Å². The van der Waals surface area contributed by atoms with Gasteiger partial charge in [-0.15, -0.1) is 5.10 Å². The first-order valence-electron chi connectivity index (χ1n) is 6.65. The molecule has 0 radical (unpaired) electrons. The van der Waals surface area contributed by atoms with Crippen molar-refractivity contribution in [1.29, 1.82) is 0 Å². The highest BCUT2D eigenvalue weighted by atomic mass is 19.4. The second kappa shape index (κ2) is 4.73. The summed E-state index contributed by atoms with van der Waals surface area (Å²) >= 11 is 0. The van der Waals surface area contributed by atoms with Crippen LogP contribution in [0.2, 0.25) is 0 Å². The lowest BCUT2D eigenvalue weighted by Crippen LogP contribution is -2.05. The van der Waals surface area contributed by atoms with E-state index in [1.807, 2.05) is 24.3 Å². The zero-order chi connectivity index (χ0) is 16.0. The van der Waals surface area contributed by atoms with E-state index in [0.29, 0.717) is 5.65 Å². The van der Waals surface area contributed by atoms with Crippen molar-refractivity contribution < 1.29 is 13.2 Å². The Morgan fingerprint density at radius 1 is 1.04 bits per heavy atom. The highest BCUT2D eigenvalue weighted by molar-refractivity contribution is 5.91. The molecule has 8 heteroatoms. The lowest BCUT2D eigenvalue weighted by molar-refractivity contribution is -0.137. The molecule has 3 aromatic heterocycles. The van der Waals surface area contributed by atoms with Crippen molar-refractivity contribution in [2.24, 2.45) is 0 Å². The molecule has 114 valence electrons. The van der Waals surface area contributed by atoms with Gasteiger partial charge in [0.15, 0.2) is 11.5 Å². The van der Waals surface area contributed by atoms with E-state index < -0.39 is 11.7 Å². The van der Waals surface area contributed by atoms with Gasteiger partial charge in [-0.3, -0.25) is 4.98 Å². The lowest BCUT2D eigenvalue weighted by atomic mass is 10.2. The third-order valence-electron chi connectivity index (χ3n) is 3.41.